The van der Waals surface area contributed by atoms with Crippen LogP contribution < -0.4 is 5.32 Å². The highest BCUT2D eigenvalue weighted by molar-refractivity contribution is 5.98. The number of aromatic nitrogens is 2. The first-order chi connectivity index (χ1) is 12.5. The molecule has 2 heterocycles. The number of hydrogen-bond donors (Lipinski definition) is 1. The number of nitro benzene ring substituents is 1. The van der Waals surface area contributed by atoms with Crippen LogP contribution in [0.15, 0.2) is 53.1 Å². The van der Waals surface area contributed by atoms with Crippen molar-refractivity contribution in [2.24, 2.45) is 0 Å². The van der Waals surface area contributed by atoms with Crippen LogP contribution in [0.25, 0.3) is 0 Å². The van der Waals surface area contributed by atoms with Gasteiger partial charge in [-0.1, -0.05) is 12.1 Å². The lowest BCUT2D eigenvalue weighted by molar-refractivity contribution is -0.385. The highest BCUT2D eigenvalue weighted by atomic mass is 16.6. The molecule has 3 rings (SSSR count). The lowest BCUT2D eigenvalue weighted by atomic mass is 10.1. The molecule has 1 atom stereocenters. The Morgan fingerprint density at radius 2 is 2.08 bits per heavy atom. The van der Waals surface area contributed by atoms with Crippen LogP contribution in [0.1, 0.15) is 33.5 Å². The van der Waals surface area contributed by atoms with Crippen molar-refractivity contribution in [3.8, 4) is 0 Å². The molecule has 134 valence electrons. The summed E-state index contributed by atoms with van der Waals surface area (Å²) in [7, 11) is 0. The predicted octanol–water partition coefficient (Wildman–Crippen LogP) is 3.02. The minimum Gasteiger partial charge on any atom is -0.467 e. The van der Waals surface area contributed by atoms with Gasteiger partial charge in [-0.25, -0.2) is 0 Å². The molecule has 1 aromatic carbocycles. The van der Waals surface area contributed by atoms with Crippen molar-refractivity contribution in [2.45, 2.75) is 19.9 Å². The molecule has 3 aromatic rings. The van der Waals surface area contributed by atoms with Gasteiger partial charge in [-0.2, -0.15) is 5.10 Å². The van der Waals surface area contributed by atoms with Crippen molar-refractivity contribution in [1.29, 1.82) is 0 Å². The zero-order valence-electron chi connectivity index (χ0n) is 14.4. The Balaban J connectivity index is 1.84. The van der Waals surface area contributed by atoms with Gasteiger partial charge >= 0.3 is 0 Å². The molecule has 8 nitrogen and oxygen atoms in total. The third kappa shape index (κ3) is 3.49. The molecule has 0 radical (unpaired) electrons. The first kappa shape index (κ1) is 17.4. The first-order valence-corrected chi connectivity index (χ1v) is 8.05. The number of carbonyl (C=O) groups excluding carboxylic acids is 1. The summed E-state index contributed by atoms with van der Waals surface area (Å²) in [6.45, 7) is 3.98. The van der Waals surface area contributed by atoms with Gasteiger partial charge in [0.1, 0.15) is 17.4 Å². The number of furan rings is 1. The Morgan fingerprint density at radius 3 is 2.69 bits per heavy atom. The molecular weight excluding hydrogens is 336 g/mol. The van der Waals surface area contributed by atoms with Crippen molar-refractivity contribution in [2.75, 3.05) is 6.54 Å². The van der Waals surface area contributed by atoms with E-state index in [1.54, 1.807) is 29.1 Å². The molecular formula is C18H18N4O4. The van der Waals surface area contributed by atoms with E-state index in [9.17, 15) is 14.9 Å². The predicted molar refractivity (Wildman–Crippen MR) is 94.0 cm³/mol. The van der Waals surface area contributed by atoms with Crippen LogP contribution in [0.2, 0.25) is 0 Å². The number of nitrogens with one attached hydrogen (secondary N) is 1. The number of benzene rings is 1. The lowest BCUT2D eigenvalue weighted by Gasteiger charge is -2.18. The summed E-state index contributed by atoms with van der Waals surface area (Å²) < 4.78 is 7.27. The van der Waals surface area contributed by atoms with Crippen LogP contribution in [0, 0.1) is 24.0 Å². The van der Waals surface area contributed by atoms with Crippen LogP contribution in [0.3, 0.4) is 0 Å². The molecule has 0 aliphatic heterocycles. The van der Waals surface area contributed by atoms with E-state index in [1.807, 2.05) is 19.9 Å². The minimum atomic E-state index is -0.570. The molecule has 2 aromatic heterocycles. The third-order valence-corrected chi connectivity index (χ3v) is 4.01. The fraction of sp³-hybridized carbons (Fsp3) is 0.222. The maximum Gasteiger partial charge on any atom is 0.282 e. The summed E-state index contributed by atoms with van der Waals surface area (Å²) in [5.41, 5.74) is 1.56. The smallest absolute Gasteiger partial charge is 0.282 e. The van der Waals surface area contributed by atoms with Gasteiger partial charge in [0.25, 0.3) is 11.6 Å². The molecule has 26 heavy (non-hydrogen) atoms. The molecule has 1 amide bonds. The fourth-order valence-electron chi connectivity index (χ4n) is 2.86. The van der Waals surface area contributed by atoms with E-state index >= 15 is 0 Å². The molecule has 0 fully saturated rings. The van der Waals surface area contributed by atoms with Crippen molar-refractivity contribution in [3.05, 3.63) is 81.6 Å². The number of nitro groups is 1. The van der Waals surface area contributed by atoms with E-state index in [-0.39, 0.29) is 23.8 Å². The topological polar surface area (TPSA) is 103 Å². The van der Waals surface area contributed by atoms with Gasteiger partial charge in [0, 0.05) is 18.3 Å². The molecule has 1 unspecified atom stereocenters. The second kappa shape index (κ2) is 7.22. The number of rotatable bonds is 6. The van der Waals surface area contributed by atoms with Crippen LogP contribution in [0.4, 0.5) is 5.69 Å². The molecule has 0 spiro atoms. The van der Waals surface area contributed by atoms with Crippen LogP contribution in [-0.4, -0.2) is 27.2 Å². The van der Waals surface area contributed by atoms with E-state index < -0.39 is 10.8 Å². The van der Waals surface area contributed by atoms with Gasteiger partial charge in [0.05, 0.1) is 16.9 Å². The Labute approximate surface area is 149 Å². The normalized spacial score (nSPS) is 11.9. The van der Waals surface area contributed by atoms with Crippen LogP contribution in [-0.2, 0) is 0 Å². The van der Waals surface area contributed by atoms with E-state index in [2.05, 4.69) is 10.4 Å². The van der Waals surface area contributed by atoms with Gasteiger partial charge in [0.15, 0.2) is 0 Å². The third-order valence-electron chi connectivity index (χ3n) is 4.01. The zero-order chi connectivity index (χ0) is 18.7. The van der Waals surface area contributed by atoms with Crippen molar-refractivity contribution in [3.63, 3.8) is 0 Å². The Morgan fingerprint density at radius 1 is 1.31 bits per heavy atom. The average molecular weight is 354 g/mol. The summed E-state index contributed by atoms with van der Waals surface area (Å²) in [6.07, 6.45) is 1.55. The van der Waals surface area contributed by atoms with E-state index in [0.717, 1.165) is 11.4 Å². The van der Waals surface area contributed by atoms with Crippen molar-refractivity contribution in [1.82, 2.24) is 15.1 Å². The SMILES string of the molecule is Cc1cc(C)n(C(CNC(=O)c2ccccc2[N+](=O)[O-])c2ccco2)n1. The van der Waals surface area contributed by atoms with Gasteiger partial charge in [0.2, 0.25) is 0 Å². The summed E-state index contributed by atoms with van der Waals surface area (Å²) in [5.74, 6) is 0.120. The van der Waals surface area contributed by atoms with Gasteiger partial charge in [-0.05, 0) is 38.1 Å². The molecule has 0 bridgehead atoms. The standard InChI is InChI=1S/C18H18N4O4/c1-12-10-13(2)21(20-12)16(17-8-5-9-26-17)11-19-18(23)14-6-3-4-7-15(14)22(24)25/h3-10,16H,11H2,1-2H3,(H,19,23). The van der Waals surface area contributed by atoms with Crippen molar-refractivity contribution < 1.29 is 14.1 Å². The highest BCUT2D eigenvalue weighted by Gasteiger charge is 2.23. The molecule has 0 aliphatic rings. The van der Waals surface area contributed by atoms with Crippen LogP contribution in [0.5, 0.6) is 0 Å². The van der Waals surface area contributed by atoms with E-state index in [1.165, 1.54) is 18.2 Å². The number of amides is 1. The van der Waals surface area contributed by atoms with Gasteiger partial charge in [-0.15, -0.1) is 0 Å². The lowest BCUT2D eigenvalue weighted by Crippen LogP contribution is -2.32. The number of aryl methyl sites for hydroxylation is 2. The molecule has 0 saturated heterocycles. The summed E-state index contributed by atoms with van der Waals surface area (Å²) in [4.78, 5) is 23.0. The molecule has 0 aliphatic carbocycles. The molecule has 0 saturated carbocycles. The van der Waals surface area contributed by atoms with Crippen molar-refractivity contribution >= 4 is 11.6 Å². The molecule has 1 N–H and O–H groups in total. The van der Waals surface area contributed by atoms with Crippen LogP contribution >= 0.6 is 0 Å². The number of para-hydroxylation sites is 1. The fourth-order valence-corrected chi connectivity index (χ4v) is 2.86. The second-order valence-corrected chi connectivity index (χ2v) is 5.89. The number of nitrogens with zero attached hydrogens (tertiary/aromatic N) is 3. The van der Waals surface area contributed by atoms with E-state index in [0.29, 0.717) is 5.76 Å². The summed E-state index contributed by atoms with van der Waals surface area (Å²) >= 11 is 0. The average Bonchev–Trinajstić information content (AvgIpc) is 3.25. The number of carbonyl (C=O) groups is 1. The Hall–Kier alpha value is -3.42. The summed E-state index contributed by atoms with van der Waals surface area (Å²) in [5, 5.41) is 18.3. The zero-order valence-corrected chi connectivity index (χ0v) is 14.4. The highest BCUT2D eigenvalue weighted by Crippen LogP contribution is 2.21. The van der Waals surface area contributed by atoms with Gasteiger partial charge < -0.3 is 9.73 Å². The van der Waals surface area contributed by atoms with E-state index in [4.69, 9.17) is 4.42 Å². The number of hydrogen-bond acceptors (Lipinski definition) is 5. The maximum atomic E-state index is 12.5. The Kier molecular flexibility index (Phi) is 4.83. The monoisotopic (exact) mass is 354 g/mol. The summed E-state index contributed by atoms with van der Waals surface area (Å²) in [6, 6.07) is 11.0. The Bertz CT molecular complexity index is 931. The quantitative estimate of drug-likeness (QED) is 0.541. The van der Waals surface area contributed by atoms with Gasteiger partial charge in [-0.3, -0.25) is 19.6 Å². The molecule has 8 heteroatoms. The first-order valence-electron chi connectivity index (χ1n) is 8.05. The maximum absolute atomic E-state index is 12.5. The minimum absolute atomic E-state index is 0.0177. The second-order valence-electron chi connectivity index (χ2n) is 5.89. The largest absolute Gasteiger partial charge is 0.467 e.